The van der Waals surface area contributed by atoms with E-state index >= 15 is 0 Å². The zero-order chi connectivity index (χ0) is 18.1. The molecule has 0 heterocycles. The average Bonchev–Trinajstić information content (AvgIpc) is 2.59. The van der Waals surface area contributed by atoms with Gasteiger partial charge in [0.05, 0.1) is 6.61 Å². The van der Waals surface area contributed by atoms with Crippen molar-refractivity contribution < 1.29 is 27.8 Å². The van der Waals surface area contributed by atoms with Crippen LogP contribution < -0.4 is 19.5 Å². The zero-order valence-corrected chi connectivity index (χ0v) is 13.7. The number of hydrogen-bond donors (Lipinski definition) is 1. The molecular weight excluding hydrogens is 332 g/mol. The highest BCUT2D eigenvalue weighted by Crippen LogP contribution is 2.20. The Morgan fingerprint density at radius 3 is 2.36 bits per heavy atom. The summed E-state index contributed by atoms with van der Waals surface area (Å²) in [7, 11) is 0. The smallest absolute Gasteiger partial charge is 0.387 e. The molecule has 0 radical (unpaired) electrons. The van der Waals surface area contributed by atoms with Gasteiger partial charge in [-0.15, -0.1) is 0 Å². The molecule has 2 rings (SSSR count). The van der Waals surface area contributed by atoms with E-state index in [1.165, 1.54) is 18.2 Å². The Balaban J connectivity index is 1.82. The fourth-order valence-corrected chi connectivity index (χ4v) is 1.95. The highest BCUT2D eigenvalue weighted by atomic mass is 19.3. The summed E-state index contributed by atoms with van der Waals surface area (Å²) in [6.07, 6.45) is 0.919. The lowest BCUT2D eigenvalue weighted by Crippen LogP contribution is -2.20. The van der Waals surface area contributed by atoms with E-state index in [1.54, 1.807) is 30.3 Å². The number of rotatable bonds is 9. The van der Waals surface area contributed by atoms with E-state index in [0.29, 0.717) is 18.0 Å². The summed E-state index contributed by atoms with van der Waals surface area (Å²) in [5.74, 6) is 0.806. The molecule has 0 aromatic heterocycles. The maximum Gasteiger partial charge on any atom is 0.387 e. The van der Waals surface area contributed by atoms with Crippen molar-refractivity contribution in [3.8, 4) is 17.2 Å². The van der Waals surface area contributed by atoms with Gasteiger partial charge in [0.15, 0.2) is 6.61 Å². The van der Waals surface area contributed by atoms with Crippen LogP contribution in [0.15, 0.2) is 48.5 Å². The van der Waals surface area contributed by atoms with Gasteiger partial charge in [0.2, 0.25) is 0 Å². The van der Waals surface area contributed by atoms with Gasteiger partial charge in [0, 0.05) is 11.8 Å². The Hall–Kier alpha value is -2.83. The number of carbonyl (C=O) groups is 1. The first-order valence-corrected chi connectivity index (χ1v) is 7.77. The summed E-state index contributed by atoms with van der Waals surface area (Å²) in [6, 6.07) is 12.7. The minimum Gasteiger partial charge on any atom is -0.494 e. The van der Waals surface area contributed by atoms with Crippen LogP contribution in [0.5, 0.6) is 17.2 Å². The predicted octanol–water partition coefficient (Wildman–Crippen LogP) is 4.09. The molecule has 1 N–H and O–H groups in total. The molecule has 2 aromatic carbocycles. The van der Waals surface area contributed by atoms with Gasteiger partial charge in [-0.3, -0.25) is 4.79 Å². The quantitative estimate of drug-likeness (QED) is 0.739. The Kier molecular flexibility index (Phi) is 7.00. The van der Waals surface area contributed by atoms with E-state index in [1.807, 2.05) is 6.92 Å². The Morgan fingerprint density at radius 1 is 1.04 bits per heavy atom. The van der Waals surface area contributed by atoms with Crippen molar-refractivity contribution in [2.24, 2.45) is 0 Å². The third-order valence-electron chi connectivity index (χ3n) is 3.01. The fourth-order valence-electron chi connectivity index (χ4n) is 1.95. The molecule has 0 fully saturated rings. The third-order valence-corrected chi connectivity index (χ3v) is 3.01. The van der Waals surface area contributed by atoms with Crippen LogP contribution in [-0.2, 0) is 4.79 Å². The number of anilines is 1. The first-order chi connectivity index (χ1) is 12.1. The monoisotopic (exact) mass is 351 g/mol. The number of halogens is 2. The molecule has 0 unspecified atom stereocenters. The van der Waals surface area contributed by atoms with E-state index in [-0.39, 0.29) is 12.4 Å². The van der Waals surface area contributed by atoms with Crippen LogP contribution >= 0.6 is 0 Å². The van der Waals surface area contributed by atoms with Crippen molar-refractivity contribution in [3.05, 3.63) is 48.5 Å². The van der Waals surface area contributed by atoms with Gasteiger partial charge in [0.25, 0.3) is 5.91 Å². The molecule has 134 valence electrons. The van der Waals surface area contributed by atoms with Gasteiger partial charge in [-0.1, -0.05) is 13.0 Å². The molecule has 0 atom stereocenters. The lowest BCUT2D eigenvalue weighted by atomic mass is 10.3. The lowest BCUT2D eigenvalue weighted by molar-refractivity contribution is -0.118. The molecule has 0 bridgehead atoms. The van der Waals surface area contributed by atoms with Crippen molar-refractivity contribution in [1.82, 2.24) is 0 Å². The van der Waals surface area contributed by atoms with Crippen molar-refractivity contribution in [2.45, 2.75) is 20.0 Å². The minimum atomic E-state index is -2.92. The van der Waals surface area contributed by atoms with Crippen LogP contribution in [0.3, 0.4) is 0 Å². The number of benzene rings is 2. The summed E-state index contributed by atoms with van der Waals surface area (Å²) >= 11 is 0. The highest BCUT2D eigenvalue weighted by molar-refractivity contribution is 5.92. The van der Waals surface area contributed by atoms with Gasteiger partial charge in [-0.2, -0.15) is 8.78 Å². The minimum absolute atomic E-state index is 0.0311. The molecule has 0 aliphatic heterocycles. The summed E-state index contributed by atoms with van der Waals surface area (Å²) in [5.41, 5.74) is 0.343. The van der Waals surface area contributed by atoms with Crippen molar-refractivity contribution in [1.29, 1.82) is 0 Å². The summed E-state index contributed by atoms with van der Waals surface area (Å²) in [5, 5.41) is 2.55. The van der Waals surface area contributed by atoms with Crippen LogP contribution in [0.25, 0.3) is 0 Å². The maximum atomic E-state index is 12.2. The lowest BCUT2D eigenvalue weighted by Gasteiger charge is -2.10. The first kappa shape index (κ1) is 18.5. The van der Waals surface area contributed by atoms with Gasteiger partial charge >= 0.3 is 6.61 Å². The molecule has 2 aromatic rings. The highest BCUT2D eigenvalue weighted by Gasteiger charge is 2.07. The van der Waals surface area contributed by atoms with Gasteiger partial charge in [-0.05, 0) is 42.8 Å². The number of alkyl halides is 2. The average molecular weight is 351 g/mol. The van der Waals surface area contributed by atoms with Gasteiger partial charge in [-0.25, -0.2) is 0 Å². The summed E-state index contributed by atoms with van der Waals surface area (Å²) in [6.45, 7) is -0.476. The fraction of sp³-hybridized carbons (Fsp3) is 0.278. The van der Waals surface area contributed by atoms with Crippen LogP contribution in [0, 0.1) is 0 Å². The topological polar surface area (TPSA) is 56.8 Å². The molecule has 0 spiro atoms. The van der Waals surface area contributed by atoms with Crippen LogP contribution in [0.2, 0.25) is 0 Å². The van der Waals surface area contributed by atoms with Gasteiger partial charge < -0.3 is 19.5 Å². The first-order valence-electron chi connectivity index (χ1n) is 7.77. The number of hydrogen-bond acceptors (Lipinski definition) is 4. The number of amides is 1. The molecular formula is C18H19F2NO4. The van der Waals surface area contributed by atoms with Crippen molar-refractivity contribution >= 4 is 11.6 Å². The van der Waals surface area contributed by atoms with Crippen LogP contribution in [0.1, 0.15) is 13.3 Å². The molecule has 5 nitrogen and oxygen atoms in total. The third kappa shape index (κ3) is 6.66. The van der Waals surface area contributed by atoms with Crippen LogP contribution in [0.4, 0.5) is 14.5 Å². The molecule has 0 saturated heterocycles. The molecule has 1 amide bonds. The van der Waals surface area contributed by atoms with Crippen molar-refractivity contribution in [3.63, 3.8) is 0 Å². The second-order valence-electron chi connectivity index (χ2n) is 5.06. The number of carbonyl (C=O) groups excluding carboxylic acids is 1. The summed E-state index contributed by atoms with van der Waals surface area (Å²) < 4.78 is 39.5. The molecule has 0 aliphatic rings. The second kappa shape index (κ2) is 9.46. The largest absolute Gasteiger partial charge is 0.494 e. The van der Waals surface area contributed by atoms with E-state index < -0.39 is 12.5 Å². The van der Waals surface area contributed by atoms with Gasteiger partial charge in [0.1, 0.15) is 17.2 Å². The number of nitrogens with one attached hydrogen (secondary N) is 1. The van der Waals surface area contributed by atoms with E-state index in [9.17, 15) is 13.6 Å². The Bertz CT molecular complexity index is 677. The standard InChI is InChI=1S/C18H19F2NO4/c1-2-10-23-14-6-8-15(9-7-14)24-12-17(22)21-13-4-3-5-16(11-13)25-18(19)20/h3-9,11,18H,2,10,12H2,1H3,(H,21,22). The molecule has 7 heteroatoms. The summed E-state index contributed by atoms with van der Waals surface area (Å²) in [4.78, 5) is 11.9. The van der Waals surface area contributed by atoms with E-state index in [4.69, 9.17) is 9.47 Å². The van der Waals surface area contributed by atoms with E-state index in [2.05, 4.69) is 10.1 Å². The SMILES string of the molecule is CCCOc1ccc(OCC(=O)Nc2cccc(OC(F)F)c2)cc1. The number of ether oxygens (including phenoxy) is 3. The maximum absolute atomic E-state index is 12.2. The molecule has 0 saturated carbocycles. The van der Waals surface area contributed by atoms with Crippen LogP contribution in [-0.4, -0.2) is 25.7 Å². The van der Waals surface area contributed by atoms with Crippen molar-refractivity contribution in [2.75, 3.05) is 18.5 Å². The predicted molar refractivity (Wildman–Crippen MR) is 89.4 cm³/mol. The van der Waals surface area contributed by atoms with E-state index in [0.717, 1.165) is 12.2 Å². The Morgan fingerprint density at radius 2 is 1.72 bits per heavy atom. The normalized spacial score (nSPS) is 10.4. The Labute approximate surface area is 144 Å². The second-order valence-corrected chi connectivity index (χ2v) is 5.06. The molecule has 25 heavy (non-hydrogen) atoms. The zero-order valence-electron chi connectivity index (χ0n) is 13.7. The molecule has 0 aliphatic carbocycles.